The van der Waals surface area contributed by atoms with Crippen LogP contribution in [-0.4, -0.2) is 20.8 Å². The van der Waals surface area contributed by atoms with Crippen molar-refractivity contribution < 1.29 is 0 Å². The summed E-state index contributed by atoms with van der Waals surface area (Å²) in [7, 11) is 0. The minimum atomic E-state index is 0.374. The molecule has 0 aromatic carbocycles. The average Bonchev–Trinajstić information content (AvgIpc) is 2.70. The summed E-state index contributed by atoms with van der Waals surface area (Å²) < 4.78 is 4.34. The number of alkyl halides is 1. The lowest BCUT2D eigenvalue weighted by molar-refractivity contribution is 0.468. The molecule has 0 spiro atoms. The maximum absolute atomic E-state index is 6.08. The number of nitrogens with one attached hydrogen (secondary N) is 1. The van der Waals surface area contributed by atoms with E-state index in [9.17, 15) is 0 Å². The molecule has 1 fully saturated rings. The van der Waals surface area contributed by atoms with Gasteiger partial charge in [-0.3, -0.25) is 0 Å². The topological polar surface area (TPSA) is 37.8 Å². The number of nitrogens with zero attached hydrogens (tertiary/aromatic N) is 2. The lowest BCUT2D eigenvalue weighted by Crippen LogP contribution is -2.26. The third-order valence-corrected chi connectivity index (χ3v) is 4.04. The number of rotatable bonds is 3. The van der Waals surface area contributed by atoms with Crippen LogP contribution < -0.4 is 5.32 Å². The molecule has 0 bridgehead atoms. The van der Waals surface area contributed by atoms with E-state index in [1.165, 1.54) is 11.5 Å². The van der Waals surface area contributed by atoms with Gasteiger partial charge in [0.25, 0.3) is 0 Å². The van der Waals surface area contributed by atoms with Gasteiger partial charge in [-0.2, -0.15) is 4.37 Å². The summed E-state index contributed by atoms with van der Waals surface area (Å²) in [6.45, 7) is 4.23. The van der Waals surface area contributed by atoms with E-state index in [2.05, 4.69) is 28.5 Å². The molecular weight excluding hydrogens is 242 g/mol. The van der Waals surface area contributed by atoms with Gasteiger partial charge in [-0.25, -0.2) is 4.98 Å². The Morgan fingerprint density at radius 2 is 2.00 bits per heavy atom. The monoisotopic (exact) mass is 259 g/mol. The lowest BCUT2D eigenvalue weighted by atomic mass is 9.95. The normalized spacial score (nSPS) is 26.0. The highest BCUT2D eigenvalue weighted by molar-refractivity contribution is 7.09. The molecule has 0 amide bonds. The SMILES string of the molecule is CC(C)c1nsc(NC2CCC(Cl)CC2)n1. The summed E-state index contributed by atoms with van der Waals surface area (Å²) in [4.78, 5) is 4.49. The first-order chi connectivity index (χ1) is 7.65. The van der Waals surface area contributed by atoms with Gasteiger partial charge in [0.1, 0.15) is 5.82 Å². The van der Waals surface area contributed by atoms with Crippen LogP contribution >= 0.6 is 23.1 Å². The Labute approximate surface area is 106 Å². The molecule has 5 heteroatoms. The van der Waals surface area contributed by atoms with Crippen molar-refractivity contribution in [2.75, 3.05) is 5.32 Å². The van der Waals surface area contributed by atoms with Crippen molar-refractivity contribution in [2.45, 2.75) is 56.9 Å². The first-order valence-electron chi connectivity index (χ1n) is 5.89. The molecule has 3 nitrogen and oxygen atoms in total. The molecule has 1 heterocycles. The quantitative estimate of drug-likeness (QED) is 0.843. The molecule has 90 valence electrons. The van der Waals surface area contributed by atoms with Crippen molar-refractivity contribution in [1.29, 1.82) is 0 Å². The molecule has 0 aliphatic heterocycles. The van der Waals surface area contributed by atoms with Crippen molar-refractivity contribution in [1.82, 2.24) is 9.36 Å². The minimum Gasteiger partial charge on any atom is -0.358 e. The van der Waals surface area contributed by atoms with Crippen LogP contribution in [0.25, 0.3) is 0 Å². The molecule has 16 heavy (non-hydrogen) atoms. The molecule has 1 aliphatic rings. The van der Waals surface area contributed by atoms with Crippen LogP contribution in [-0.2, 0) is 0 Å². The second-order valence-electron chi connectivity index (χ2n) is 4.71. The predicted molar refractivity (Wildman–Crippen MR) is 69.5 cm³/mol. The van der Waals surface area contributed by atoms with Crippen LogP contribution in [0.1, 0.15) is 51.3 Å². The zero-order chi connectivity index (χ0) is 11.5. The second-order valence-corrected chi connectivity index (χ2v) is 6.07. The second kappa shape index (κ2) is 5.32. The number of anilines is 1. The maximum Gasteiger partial charge on any atom is 0.202 e. The Balaban J connectivity index is 1.88. The molecular formula is C11H18ClN3S. The van der Waals surface area contributed by atoms with Gasteiger partial charge in [0.05, 0.1) is 0 Å². The van der Waals surface area contributed by atoms with Gasteiger partial charge >= 0.3 is 0 Å². The highest BCUT2D eigenvalue weighted by Crippen LogP contribution is 2.26. The van der Waals surface area contributed by atoms with Crippen LogP contribution in [0.4, 0.5) is 5.13 Å². The standard InChI is InChI=1S/C11H18ClN3S/c1-7(2)10-14-11(16-15-10)13-9-5-3-8(12)4-6-9/h7-9H,3-6H2,1-2H3,(H,13,14,15). The van der Waals surface area contributed by atoms with Crippen LogP contribution in [0.15, 0.2) is 0 Å². The summed E-state index contributed by atoms with van der Waals surface area (Å²) in [5, 5.41) is 4.80. The van der Waals surface area contributed by atoms with E-state index in [0.29, 0.717) is 17.3 Å². The molecule has 1 aromatic rings. The molecule has 1 aromatic heterocycles. The first-order valence-corrected chi connectivity index (χ1v) is 7.10. The smallest absolute Gasteiger partial charge is 0.202 e. The summed E-state index contributed by atoms with van der Waals surface area (Å²) in [6, 6.07) is 0.531. The molecule has 0 saturated heterocycles. The Hall–Kier alpha value is -0.350. The van der Waals surface area contributed by atoms with Gasteiger partial charge in [0.2, 0.25) is 5.13 Å². The average molecular weight is 260 g/mol. The molecule has 0 radical (unpaired) electrons. The van der Waals surface area contributed by atoms with Crippen LogP contribution in [0.3, 0.4) is 0 Å². The Bertz CT molecular complexity index is 332. The number of halogens is 1. The molecule has 1 saturated carbocycles. The van der Waals surface area contributed by atoms with E-state index in [1.54, 1.807) is 0 Å². The molecule has 0 atom stereocenters. The van der Waals surface area contributed by atoms with Gasteiger partial charge in [-0.05, 0) is 25.7 Å². The Kier molecular flexibility index (Phi) is 4.03. The van der Waals surface area contributed by atoms with Gasteiger partial charge < -0.3 is 5.32 Å². The van der Waals surface area contributed by atoms with Crippen LogP contribution in [0, 0.1) is 0 Å². The Morgan fingerprint density at radius 3 is 2.56 bits per heavy atom. The van der Waals surface area contributed by atoms with Crippen molar-refractivity contribution in [3.05, 3.63) is 5.82 Å². The number of hydrogen-bond acceptors (Lipinski definition) is 4. The fourth-order valence-corrected chi connectivity index (χ4v) is 2.94. The van der Waals surface area contributed by atoms with Crippen LogP contribution in [0.2, 0.25) is 0 Å². The zero-order valence-corrected chi connectivity index (χ0v) is 11.3. The highest BCUT2D eigenvalue weighted by atomic mass is 35.5. The van der Waals surface area contributed by atoms with E-state index in [-0.39, 0.29) is 0 Å². The molecule has 0 unspecified atom stereocenters. The number of hydrogen-bond donors (Lipinski definition) is 1. The third-order valence-electron chi connectivity index (χ3n) is 2.94. The lowest BCUT2D eigenvalue weighted by Gasteiger charge is -2.25. The van der Waals surface area contributed by atoms with Gasteiger partial charge in [0, 0.05) is 28.9 Å². The molecule has 1 N–H and O–H groups in total. The van der Waals surface area contributed by atoms with E-state index in [4.69, 9.17) is 11.6 Å². The van der Waals surface area contributed by atoms with E-state index in [0.717, 1.165) is 36.6 Å². The summed E-state index contributed by atoms with van der Waals surface area (Å²) >= 11 is 7.54. The molecule has 1 aliphatic carbocycles. The summed E-state index contributed by atoms with van der Waals surface area (Å²) in [5.41, 5.74) is 0. The van der Waals surface area contributed by atoms with Crippen molar-refractivity contribution in [3.63, 3.8) is 0 Å². The van der Waals surface area contributed by atoms with Gasteiger partial charge in [0.15, 0.2) is 0 Å². The first kappa shape index (κ1) is 12.1. The van der Waals surface area contributed by atoms with Crippen LogP contribution in [0.5, 0.6) is 0 Å². The third kappa shape index (κ3) is 3.08. The van der Waals surface area contributed by atoms with Gasteiger partial charge in [-0.1, -0.05) is 13.8 Å². The van der Waals surface area contributed by atoms with E-state index in [1.807, 2.05) is 0 Å². The fourth-order valence-electron chi connectivity index (χ4n) is 1.90. The largest absolute Gasteiger partial charge is 0.358 e. The van der Waals surface area contributed by atoms with Crippen molar-refractivity contribution >= 4 is 28.3 Å². The summed E-state index contributed by atoms with van der Waals surface area (Å²) in [6.07, 6.45) is 4.50. The van der Waals surface area contributed by atoms with Crippen molar-refractivity contribution in [3.8, 4) is 0 Å². The van der Waals surface area contributed by atoms with E-state index >= 15 is 0 Å². The van der Waals surface area contributed by atoms with E-state index < -0.39 is 0 Å². The zero-order valence-electron chi connectivity index (χ0n) is 9.74. The van der Waals surface area contributed by atoms with Gasteiger partial charge in [-0.15, -0.1) is 11.6 Å². The van der Waals surface area contributed by atoms with Crippen molar-refractivity contribution in [2.24, 2.45) is 0 Å². The fraction of sp³-hybridized carbons (Fsp3) is 0.818. The molecule has 2 rings (SSSR count). The summed E-state index contributed by atoms with van der Waals surface area (Å²) in [5.74, 6) is 1.35. The maximum atomic E-state index is 6.08. The Morgan fingerprint density at radius 1 is 1.31 bits per heavy atom. The highest BCUT2D eigenvalue weighted by Gasteiger charge is 2.20. The number of aromatic nitrogens is 2. The minimum absolute atomic E-state index is 0.374. The predicted octanol–water partition coefficient (Wildman–Crippen LogP) is 3.62.